The quantitative estimate of drug-likeness (QED) is 0.349. The Hall–Kier alpha value is -2.17. The minimum Gasteiger partial charge on any atom is -0.486 e. The zero-order chi connectivity index (χ0) is 12.8. The molecule has 0 aromatic heterocycles. The van der Waals surface area contributed by atoms with Gasteiger partial charge in [0.15, 0.2) is 5.75 Å². The average Bonchev–Trinajstić information content (AvgIpc) is 2.27. The second kappa shape index (κ2) is 5.79. The molecule has 0 amide bonds. The second-order valence-electron chi connectivity index (χ2n) is 3.53. The summed E-state index contributed by atoms with van der Waals surface area (Å²) in [6.45, 7) is 5.36. The average molecular weight is 236 g/mol. The lowest BCUT2D eigenvalue weighted by molar-refractivity contribution is -0.139. The van der Waals surface area contributed by atoms with Crippen LogP contribution in [0.5, 0.6) is 5.75 Å². The smallest absolute Gasteiger partial charge is 0.333 e. The monoisotopic (exact) mass is 236 g/mol. The van der Waals surface area contributed by atoms with Gasteiger partial charge < -0.3 is 20.9 Å². The minimum atomic E-state index is -0.442. The molecule has 1 aromatic rings. The maximum Gasteiger partial charge on any atom is 0.333 e. The molecule has 0 radical (unpaired) electrons. The Balaban J connectivity index is 2.41. The maximum absolute atomic E-state index is 11.1. The van der Waals surface area contributed by atoms with Crippen LogP contribution < -0.4 is 16.2 Å². The highest BCUT2D eigenvalue weighted by molar-refractivity contribution is 5.86. The normalized spacial score (nSPS) is 9.71. The van der Waals surface area contributed by atoms with Crippen LogP contribution in [0.25, 0.3) is 0 Å². The third kappa shape index (κ3) is 3.71. The summed E-state index contributed by atoms with van der Waals surface area (Å²) in [7, 11) is 0. The zero-order valence-corrected chi connectivity index (χ0v) is 9.73. The number of carbonyl (C=O) groups excluding carboxylic acids is 1. The van der Waals surface area contributed by atoms with Crippen molar-refractivity contribution in [1.82, 2.24) is 0 Å². The summed E-state index contributed by atoms with van der Waals surface area (Å²) < 4.78 is 10.2. The lowest BCUT2D eigenvalue weighted by Crippen LogP contribution is -2.13. The summed E-state index contributed by atoms with van der Waals surface area (Å²) in [5.74, 6) is -0.0264. The van der Waals surface area contributed by atoms with Crippen LogP contribution in [0, 0.1) is 0 Å². The van der Waals surface area contributed by atoms with E-state index in [0.717, 1.165) is 0 Å². The summed E-state index contributed by atoms with van der Waals surface area (Å²) in [5, 5.41) is 0. The number of carbonyl (C=O) groups is 1. The van der Waals surface area contributed by atoms with Gasteiger partial charge in [-0.05, 0) is 19.1 Å². The van der Waals surface area contributed by atoms with Crippen molar-refractivity contribution in [3.8, 4) is 5.75 Å². The predicted octanol–water partition coefficient (Wildman–Crippen LogP) is 1.35. The number of benzene rings is 1. The van der Waals surface area contributed by atoms with Gasteiger partial charge in [0, 0.05) is 5.57 Å². The van der Waals surface area contributed by atoms with Crippen molar-refractivity contribution in [1.29, 1.82) is 0 Å². The lowest BCUT2D eigenvalue weighted by Gasteiger charge is -2.11. The molecule has 0 aliphatic heterocycles. The first kappa shape index (κ1) is 12.9. The van der Waals surface area contributed by atoms with E-state index in [4.69, 9.17) is 20.9 Å². The van der Waals surface area contributed by atoms with Gasteiger partial charge in [0.1, 0.15) is 13.2 Å². The lowest BCUT2D eigenvalue weighted by atomic mass is 10.2. The molecule has 92 valence electrons. The predicted molar refractivity (Wildman–Crippen MR) is 66.5 cm³/mol. The fraction of sp³-hybridized carbons (Fsp3) is 0.250. The third-order valence-corrected chi connectivity index (χ3v) is 1.99. The molecule has 0 saturated carbocycles. The van der Waals surface area contributed by atoms with Crippen LogP contribution >= 0.6 is 0 Å². The molecule has 0 aliphatic rings. The SMILES string of the molecule is C=C(C)C(=O)OCCOc1c(N)cccc1N. The van der Waals surface area contributed by atoms with Crippen LogP contribution in [0.2, 0.25) is 0 Å². The molecule has 0 fully saturated rings. The number of esters is 1. The molecular weight excluding hydrogens is 220 g/mol. The van der Waals surface area contributed by atoms with Crippen LogP contribution in [-0.4, -0.2) is 19.2 Å². The highest BCUT2D eigenvalue weighted by Gasteiger charge is 2.06. The molecule has 5 heteroatoms. The fourth-order valence-electron chi connectivity index (χ4n) is 1.14. The van der Waals surface area contributed by atoms with E-state index < -0.39 is 5.97 Å². The molecule has 4 N–H and O–H groups in total. The van der Waals surface area contributed by atoms with Gasteiger partial charge >= 0.3 is 5.97 Å². The molecule has 0 saturated heterocycles. The fourth-order valence-corrected chi connectivity index (χ4v) is 1.14. The summed E-state index contributed by atoms with van der Waals surface area (Å²) >= 11 is 0. The number of para-hydroxylation sites is 1. The minimum absolute atomic E-state index is 0.124. The van der Waals surface area contributed by atoms with Crippen molar-refractivity contribution in [2.24, 2.45) is 0 Å². The van der Waals surface area contributed by atoms with E-state index in [-0.39, 0.29) is 13.2 Å². The molecule has 17 heavy (non-hydrogen) atoms. The Bertz CT molecular complexity index is 410. The molecular formula is C12H16N2O3. The first-order valence-electron chi connectivity index (χ1n) is 5.11. The molecule has 0 heterocycles. The Morgan fingerprint density at radius 2 is 1.88 bits per heavy atom. The van der Waals surface area contributed by atoms with Gasteiger partial charge in [0.25, 0.3) is 0 Å². The molecule has 0 spiro atoms. The van der Waals surface area contributed by atoms with Crippen LogP contribution in [0.15, 0.2) is 30.4 Å². The van der Waals surface area contributed by atoms with Gasteiger partial charge in [0.05, 0.1) is 11.4 Å². The zero-order valence-electron chi connectivity index (χ0n) is 9.73. The third-order valence-electron chi connectivity index (χ3n) is 1.99. The maximum atomic E-state index is 11.1. The first-order valence-corrected chi connectivity index (χ1v) is 5.11. The molecule has 0 unspecified atom stereocenters. The largest absolute Gasteiger partial charge is 0.486 e. The van der Waals surface area contributed by atoms with Gasteiger partial charge in [-0.15, -0.1) is 0 Å². The Morgan fingerprint density at radius 3 is 2.41 bits per heavy atom. The van der Waals surface area contributed by atoms with Crippen molar-refractivity contribution in [3.05, 3.63) is 30.4 Å². The van der Waals surface area contributed by atoms with Crippen molar-refractivity contribution in [2.75, 3.05) is 24.7 Å². The number of ether oxygens (including phenoxy) is 2. The van der Waals surface area contributed by atoms with E-state index in [9.17, 15) is 4.79 Å². The van der Waals surface area contributed by atoms with Crippen LogP contribution in [0.3, 0.4) is 0 Å². The number of anilines is 2. The van der Waals surface area contributed by atoms with Crippen molar-refractivity contribution in [3.63, 3.8) is 0 Å². The van der Waals surface area contributed by atoms with Gasteiger partial charge in [-0.25, -0.2) is 4.79 Å². The van der Waals surface area contributed by atoms with Crippen LogP contribution in [0.1, 0.15) is 6.92 Å². The highest BCUT2D eigenvalue weighted by Crippen LogP contribution is 2.27. The number of hydrogen-bond donors (Lipinski definition) is 2. The van der Waals surface area contributed by atoms with Gasteiger partial charge in [0.2, 0.25) is 0 Å². The molecule has 0 bridgehead atoms. The van der Waals surface area contributed by atoms with Crippen molar-refractivity contribution >= 4 is 17.3 Å². The summed E-state index contributed by atoms with van der Waals surface area (Å²) in [5.41, 5.74) is 12.6. The summed E-state index contributed by atoms with van der Waals surface area (Å²) in [4.78, 5) is 11.1. The number of rotatable bonds is 5. The van der Waals surface area contributed by atoms with Gasteiger partial charge in [-0.3, -0.25) is 0 Å². The highest BCUT2D eigenvalue weighted by atomic mass is 16.6. The summed E-state index contributed by atoms with van der Waals surface area (Å²) in [6.07, 6.45) is 0. The number of nitrogens with two attached hydrogens (primary N) is 2. The van der Waals surface area contributed by atoms with Gasteiger partial charge in [-0.1, -0.05) is 12.6 Å². The summed E-state index contributed by atoms with van der Waals surface area (Å²) in [6, 6.07) is 5.11. The van der Waals surface area contributed by atoms with E-state index in [1.54, 1.807) is 25.1 Å². The van der Waals surface area contributed by atoms with E-state index in [1.807, 2.05) is 0 Å². The van der Waals surface area contributed by atoms with E-state index in [2.05, 4.69) is 6.58 Å². The number of nitrogen functional groups attached to an aromatic ring is 2. The molecule has 1 aromatic carbocycles. The van der Waals surface area contributed by atoms with Crippen LogP contribution in [-0.2, 0) is 9.53 Å². The van der Waals surface area contributed by atoms with Crippen LogP contribution in [0.4, 0.5) is 11.4 Å². The van der Waals surface area contributed by atoms with E-state index >= 15 is 0 Å². The molecule has 0 atom stereocenters. The topological polar surface area (TPSA) is 87.6 Å². The standard InChI is InChI=1S/C12H16N2O3/c1-8(2)12(15)17-7-6-16-11-9(13)4-3-5-10(11)14/h3-5H,1,6-7,13-14H2,2H3. The van der Waals surface area contributed by atoms with Crippen molar-refractivity contribution in [2.45, 2.75) is 6.92 Å². The van der Waals surface area contributed by atoms with E-state index in [1.165, 1.54) is 0 Å². The first-order chi connectivity index (χ1) is 8.02. The van der Waals surface area contributed by atoms with Gasteiger partial charge in [-0.2, -0.15) is 0 Å². The molecule has 5 nitrogen and oxygen atoms in total. The van der Waals surface area contributed by atoms with E-state index in [0.29, 0.717) is 22.7 Å². The Kier molecular flexibility index (Phi) is 4.39. The number of hydrogen-bond acceptors (Lipinski definition) is 5. The Labute approximate surface area is 100.0 Å². The second-order valence-corrected chi connectivity index (χ2v) is 3.53. The molecule has 0 aliphatic carbocycles. The Morgan fingerprint density at radius 1 is 1.29 bits per heavy atom. The molecule has 1 rings (SSSR count). The van der Waals surface area contributed by atoms with Crippen molar-refractivity contribution < 1.29 is 14.3 Å².